The smallest absolute Gasteiger partial charge is 0.338 e. The molecule has 8 nitrogen and oxygen atoms in total. The monoisotopic (exact) mass is 613 g/mol. The Hall–Kier alpha value is -5.85. The molecule has 0 unspecified atom stereocenters. The molecular formula is C36H27N3O5S. The summed E-state index contributed by atoms with van der Waals surface area (Å²) in [5.41, 5.74) is 7.68. The van der Waals surface area contributed by atoms with E-state index < -0.39 is 17.4 Å². The van der Waals surface area contributed by atoms with Gasteiger partial charge in [0, 0.05) is 0 Å². The Kier molecular flexibility index (Phi) is 8.31. The number of hydrogen-bond acceptors (Lipinski definition) is 8. The van der Waals surface area contributed by atoms with Gasteiger partial charge in [0.25, 0.3) is 5.56 Å². The first kappa shape index (κ1) is 29.2. The molecule has 0 aliphatic carbocycles. The zero-order valence-electron chi connectivity index (χ0n) is 24.2. The molecule has 0 radical (unpaired) electrons. The molecule has 222 valence electrons. The fourth-order valence-corrected chi connectivity index (χ4v) is 6.25. The molecule has 1 aliphatic rings. The number of para-hydroxylation sites is 2. The summed E-state index contributed by atoms with van der Waals surface area (Å²) in [6.07, 6.45) is 1.71. The number of nitrogens with two attached hydrogens (primary N) is 1. The van der Waals surface area contributed by atoms with Crippen LogP contribution in [0, 0.1) is 11.3 Å². The van der Waals surface area contributed by atoms with Gasteiger partial charge in [0.05, 0.1) is 34.3 Å². The Morgan fingerprint density at radius 3 is 2.11 bits per heavy atom. The van der Waals surface area contributed by atoms with Gasteiger partial charge in [0.2, 0.25) is 0 Å². The number of esters is 1. The molecule has 6 rings (SSSR count). The van der Waals surface area contributed by atoms with Crippen molar-refractivity contribution in [2.75, 3.05) is 6.61 Å². The van der Waals surface area contributed by atoms with Crippen LogP contribution in [0.25, 0.3) is 17.5 Å². The van der Waals surface area contributed by atoms with Crippen molar-refractivity contribution in [3.63, 3.8) is 0 Å². The Labute approximate surface area is 262 Å². The summed E-state index contributed by atoms with van der Waals surface area (Å²) in [7, 11) is 0. The topological polar surface area (TPSA) is 117 Å². The van der Waals surface area contributed by atoms with Crippen LogP contribution in [-0.2, 0) is 9.53 Å². The van der Waals surface area contributed by atoms with Crippen molar-refractivity contribution in [3.05, 3.63) is 145 Å². The number of carbonyl (C=O) groups excluding carboxylic acids is 1. The number of thiazole rings is 1. The highest BCUT2D eigenvalue weighted by Crippen LogP contribution is 2.38. The van der Waals surface area contributed by atoms with Gasteiger partial charge in [-0.25, -0.2) is 4.79 Å². The lowest BCUT2D eigenvalue weighted by Gasteiger charge is -2.25. The standard InChI is InChI=1S/C36H27N3O5S/c1-2-42-36(41)32-31(24-12-10-18-28(21-24)44-26-15-7-4-8-16-26)29(22-37)35-39(33(32)38)34(40)30(45-35)20-23-11-9-17-27(19-23)43-25-13-5-3-6-14-25/h3-21,31H,2,38H2,1H3/t31-/m0/s1. The molecule has 1 atom stereocenters. The molecular weight excluding hydrogens is 586 g/mol. The minimum atomic E-state index is -0.887. The maximum atomic E-state index is 13.8. The van der Waals surface area contributed by atoms with Crippen LogP contribution in [0.2, 0.25) is 0 Å². The van der Waals surface area contributed by atoms with E-state index in [0.717, 1.165) is 11.3 Å². The normalized spacial score (nSPS) is 14.4. The predicted molar refractivity (Wildman–Crippen MR) is 173 cm³/mol. The third-order valence-corrected chi connectivity index (χ3v) is 8.18. The highest BCUT2D eigenvalue weighted by molar-refractivity contribution is 7.07. The maximum absolute atomic E-state index is 13.8. The number of hydrogen-bond donors (Lipinski definition) is 1. The lowest BCUT2D eigenvalue weighted by molar-refractivity contribution is -0.138. The van der Waals surface area contributed by atoms with Crippen LogP contribution in [0.5, 0.6) is 23.0 Å². The molecule has 0 saturated carbocycles. The molecule has 1 aliphatic heterocycles. The molecule has 1 aromatic heterocycles. The van der Waals surface area contributed by atoms with Crippen molar-refractivity contribution in [2.45, 2.75) is 12.8 Å². The molecule has 0 bridgehead atoms. The molecule has 2 N–H and O–H groups in total. The van der Waals surface area contributed by atoms with E-state index in [0.29, 0.717) is 43.3 Å². The summed E-state index contributed by atoms with van der Waals surface area (Å²) in [5, 5.41) is 10.5. The fourth-order valence-electron chi connectivity index (χ4n) is 5.12. The van der Waals surface area contributed by atoms with E-state index >= 15 is 0 Å². The maximum Gasteiger partial charge on any atom is 0.338 e. The van der Waals surface area contributed by atoms with Crippen LogP contribution in [0.4, 0.5) is 0 Å². The first-order valence-corrected chi connectivity index (χ1v) is 15.0. The van der Waals surface area contributed by atoms with E-state index in [1.807, 2.05) is 84.9 Å². The highest BCUT2D eigenvalue weighted by Gasteiger charge is 2.36. The summed E-state index contributed by atoms with van der Waals surface area (Å²) in [4.78, 5) is 27.2. The lowest BCUT2D eigenvalue weighted by Crippen LogP contribution is -2.40. The Morgan fingerprint density at radius 1 is 0.889 bits per heavy atom. The second-order valence-corrected chi connectivity index (χ2v) is 11.0. The SMILES string of the molecule is CCOC(=O)C1=C(N)n2c(sc(=Cc3cccc(Oc4ccccc4)c3)c2=O)=C(C#N)[C@@H]1c1cccc(Oc2ccccc2)c1. The van der Waals surface area contributed by atoms with Crippen molar-refractivity contribution >= 4 is 34.8 Å². The predicted octanol–water partition coefficient (Wildman–Crippen LogP) is 5.49. The summed E-state index contributed by atoms with van der Waals surface area (Å²) in [5.74, 6) is 0.756. The van der Waals surface area contributed by atoms with Crippen molar-refractivity contribution in [1.29, 1.82) is 5.26 Å². The number of fused-ring (bicyclic) bond motifs is 1. The molecule has 45 heavy (non-hydrogen) atoms. The van der Waals surface area contributed by atoms with Gasteiger partial charge in [-0.05, 0) is 72.7 Å². The van der Waals surface area contributed by atoms with E-state index in [1.165, 1.54) is 4.57 Å². The van der Waals surface area contributed by atoms with Crippen molar-refractivity contribution in [2.24, 2.45) is 5.73 Å². The van der Waals surface area contributed by atoms with Gasteiger partial charge < -0.3 is 19.9 Å². The summed E-state index contributed by atoms with van der Waals surface area (Å²) < 4.78 is 19.3. The minimum absolute atomic E-state index is 0.0162. The van der Waals surface area contributed by atoms with Gasteiger partial charge in [-0.15, -0.1) is 11.3 Å². The van der Waals surface area contributed by atoms with E-state index in [4.69, 9.17) is 19.9 Å². The van der Waals surface area contributed by atoms with Gasteiger partial charge >= 0.3 is 5.97 Å². The zero-order chi connectivity index (χ0) is 31.3. The quantitative estimate of drug-likeness (QED) is 0.230. The lowest BCUT2D eigenvalue weighted by atomic mass is 9.83. The number of carbonyl (C=O) groups is 1. The Morgan fingerprint density at radius 2 is 1.49 bits per heavy atom. The number of benzene rings is 4. The Balaban J connectivity index is 1.48. The number of rotatable bonds is 8. The van der Waals surface area contributed by atoms with Gasteiger partial charge in [-0.1, -0.05) is 60.7 Å². The number of nitriles is 1. The number of aromatic nitrogens is 1. The van der Waals surface area contributed by atoms with E-state index in [1.54, 1.807) is 37.3 Å². The second kappa shape index (κ2) is 12.8. The Bertz CT molecular complexity index is 2140. The van der Waals surface area contributed by atoms with E-state index in [9.17, 15) is 14.9 Å². The number of ether oxygens (including phenoxy) is 3. The zero-order valence-corrected chi connectivity index (χ0v) is 25.0. The van der Waals surface area contributed by atoms with Crippen LogP contribution in [0.1, 0.15) is 24.0 Å². The molecule has 4 aromatic carbocycles. The van der Waals surface area contributed by atoms with Crippen LogP contribution in [0.15, 0.2) is 120 Å². The van der Waals surface area contributed by atoms with Crippen molar-refractivity contribution in [3.8, 4) is 29.1 Å². The van der Waals surface area contributed by atoms with Crippen LogP contribution >= 0.6 is 11.3 Å². The third-order valence-electron chi connectivity index (χ3n) is 7.07. The largest absolute Gasteiger partial charge is 0.463 e. The molecule has 2 heterocycles. The fraction of sp³-hybridized carbons (Fsp3) is 0.0833. The van der Waals surface area contributed by atoms with Gasteiger partial charge in [0.1, 0.15) is 33.5 Å². The van der Waals surface area contributed by atoms with Crippen molar-refractivity contribution in [1.82, 2.24) is 4.57 Å². The first-order valence-electron chi connectivity index (χ1n) is 14.2. The van der Waals surface area contributed by atoms with Crippen molar-refractivity contribution < 1.29 is 19.0 Å². The molecule has 0 fully saturated rings. The molecule has 5 aromatic rings. The minimum Gasteiger partial charge on any atom is -0.463 e. The van der Waals surface area contributed by atoms with Crippen LogP contribution < -0.4 is 30.0 Å². The van der Waals surface area contributed by atoms with Gasteiger partial charge in [-0.2, -0.15) is 5.26 Å². The summed E-state index contributed by atoms with van der Waals surface area (Å²) in [6.45, 7) is 1.77. The molecule has 0 saturated heterocycles. The average Bonchev–Trinajstić information content (AvgIpc) is 3.37. The molecule has 0 spiro atoms. The molecule has 0 amide bonds. The highest BCUT2D eigenvalue weighted by atomic mass is 32.1. The van der Waals surface area contributed by atoms with E-state index in [-0.39, 0.29) is 23.6 Å². The summed E-state index contributed by atoms with van der Waals surface area (Å²) in [6, 6.07) is 35.3. The second-order valence-electron chi connectivity index (χ2n) is 10.0. The van der Waals surface area contributed by atoms with Gasteiger partial charge in [0.15, 0.2) is 0 Å². The number of nitrogens with zero attached hydrogens (tertiary/aromatic N) is 2. The van der Waals surface area contributed by atoms with Crippen LogP contribution in [-0.4, -0.2) is 17.1 Å². The van der Waals surface area contributed by atoms with Crippen LogP contribution in [0.3, 0.4) is 0 Å². The van der Waals surface area contributed by atoms with Gasteiger partial charge in [-0.3, -0.25) is 9.36 Å². The average molecular weight is 614 g/mol. The first-order chi connectivity index (χ1) is 22.0. The third kappa shape index (κ3) is 6.00. The van der Waals surface area contributed by atoms with E-state index in [2.05, 4.69) is 6.07 Å². The summed E-state index contributed by atoms with van der Waals surface area (Å²) >= 11 is 1.13. The molecule has 9 heteroatoms.